The fourth-order valence-corrected chi connectivity index (χ4v) is 2.17. The van der Waals surface area contributed by atoms with Crippen molar-refractivity contribution in [3.05, 3.63) is 27.4 Å². The van der Waals surface area contributed by atoms with Crippen LogP contribution in [0.4, 0.5) is 0 Å². The molecule has 4 nitrogen and oxygen atoms in total. The maximum absolute atomic E-state index is 11.9. The summed E-state index contributed by atoms with van der Waals surface area (Å²) in [5.74, 6) is 1.23. The van der Waals surface area contributed by atoms with E-state index in [9.17, 15) is 4.79 Å². The number of nitrogens with one attached hydrogen (secondary N) is 1. The molecule has 16 heavy (non-hydrogen) atoms. The van der Waals surface area contributed by atoms with E-state index in [1.54, 1.807) is 0 Å². The van der Waals surface area contributed by atoms with Crippen LogP contribution in [0.3, 0.4) is 0 Å². The molecule has 0 atom stereocenters. The van der Waals surface area contributed by atoms with Crippen molar-refractivity contribution in [2.45, 2.75) is 44.9 Å². The van der Waals surface area contributed by atoms with Crippen molar-refractivity contribution in [3.63, 3.8) is 0 Å². The number of H-pyrrole nitrogens is 1. The SMILES string of the molecule is Cc1nc(C2CCC2)c(CCCN)c(=O)[nH]1. The lowest BCUT2D eigenvalue weighted by atomic mass is 9.80. The Balaban J connectivity index is 2.34. The van der Waals surface area contributed by atoms with Crippen LogP contribution in [0.5, 0.6) is 0 Å². The van der Waals surface area contributed by atoms with Crippen LogP contribution in [0, 0.1) is 6.92 Å². The van der Waals surface area contributed by atoms with Gasteiger partial charge in [0.2, 0.25) is 0 Å². The lowest BCUT2D eigenvalue weighted by molar-refractivity contribution is 0.406. The Labute approximate surface area is 95.3 Å². The van der Waals surface area contributed by atoms with E-state index in [0.29, 0.717) is 12.5 Å². The zero-order valence-electron chi connectivity index (χ0n) is 9.75. The third-order valence-electron chi connectivity index (χ3n) is 3.29. The quantitative estimate of drug-likeness (QED) is 0.803. The van der Waals surface area contributed by atoms with Crippen LogP contribution in [0.15, 0.2) is 4.79 Å². The van der Waals surface area contributed by atoms with Gasteiger partial charge in [0.1, 0.15) is 5.82 Å². The van der Waals surface area contributed by atoms with E-state index >= 15 is 0 Å². The van der Waals surface area contributed by atoms with Gasteiger partial charge in [0.05, 0.1) is 5.69 Å². The van der Waals surface area contributed by atoms with Crippen LogP contribution in [0.2, 0.25) is 0 Å². The zero-order valence-corrected chi connectivity index (χ0v) is 9.75. The van der Waals surface area contributed by atoms with Crippen LogP contribution in [0.25, 0.3) is 0 Å². The summed E-state index contributed by atoms with van der Waals surface area (Å²) in [6.07, 6.45) is 5.21. The predicted molar refractivity (Wildman–Crippen MR) is 63.6 cm³/mol. The molecule has 0 spiro atoms. The number of aromatic amines is 1. The Morgan fingerprint density at radius 3 is 2.81 bits per heavy atom. The fraction of sp³-hybridized carbons (Fsp3) is 0.667. The molecule has 1 aliphatic carbocycles. The molecular formula is C12H19N3O. The van der Waals surface area contributed by atoms with Crippen molar-refractivity contribution in [1.82, 2.24) is 9.97 Å². The molecular weight excluding hydrogens is 202 g/mol. The van der Waals surface area contributed by atoms with Crippen LogP contribution in [-0.4, -0.2) is 16.5 Å². The molecule has 0 saturated heterocycles. The first-order valence-corrected chi connectivity index (χ1v) is 6.02. The number of aromatic nitrogens is 2. The Hall–Kier alpha value is -1.16. The molecule has 1 aliphatic rings. The molecule has 1 saturated carbocycles. The van der Waals surface area contributed by atoms with E-state index in [0.717, 1.165) is 29.9 Å². The molecule has 3 N–H and O–H groups in total. The first-order chi connectivity index (χ1) is 7.72. The van der Waals surface area contributed by atoms with Gasteiger partial charge in [0, 0.05) is 11.5 Å². The van der Waals surface area contributed by atoms with E-state index < -0.39 is 0 Å². The van der Waals surface area contributed by atoms with Gasteiger partial charge in [-0.25, -0.2) is 4.98 Å². The summed E-state index contributed by atoms with van der Waals surface area (Å²) in [6.45, 7) is 2.47. The highest BCUT2D eigenvalue weighted by Crippen LogP contribution is 2.36. The monoisotopic (exact) mass is 221 g/mol. The summed E-state index contributed by atoms with van der Waals surface area (Å²) in [7, 11) is 0. The highest BCUT2D eigenvalue weighted by molar-refractivity contribution is 5.23. The van der Waals surface area contributed by atoms with Crippen molar-refractivity contribution in [2.24, 2.45) is 5.73 Å². The molecule has 1 heterocycles. The molecule has 0 radical (unpaired) electrons. The number of nitrogens with two attached hydrogens (primary N) is 1. The van der Waals surface area contributed by atoms with Gasteiger partial charge in [-0.2, -0.15) is 0 Å². The smallest absolute Gasteiger partial charge is 0.254 e. The Kier molecular flexibility index (Phi) is 3.39. The standard InChI is InChI=1S/C12H19N3O/c1-8-14-11(9-4-2-5-9)10(6-3-7-13)12(16)15-8/h9H,2-7,13H2,1H3,(H,14,15,16). The lowest BCUT2D eigenvalue weighted by Gasteiger charge is -2.26. The minimum absolute atomic E-state index is 0.0304. The van der Waals surface area contributed by atoms with Crippen molar-refractivity contribution in [1.29, 1.82) is 0 Å². The van der Waals surface area contributed by atoms with Gasteiger partial charge in [-0.3, -0.25) is 4.79 Å². The van der Waals surface area contributed by atoms with E-state index in [2.05, 4.69) is 9.97 Å². The van der Waals surface area contributed by atoms with Crippen LogP contribution < -0.4 is 11.3 Å². The molecule has 88 valence electrons. The molecule has 0 aliphatic heterocycles. The van der Waals surface area contributed by atoms with Crippen LogP contribution in [-0.2, 0) is 6.42 Å². The van der Waals surface area contributed by atoms with Crippen LogP contribution in [0.1, 0.15) is 48.7 Å². The molecule has 1 aromatic rings. The zero-order chi connectivity index (χ0) is 11.5. The highest BCUT2D eigenvalue weighted by Gasteiger charge is 2.25. The van der Waals surface area contributed by atoms with Gasteiger partial charge in [-0.15, -0.1) is 0 Å². The average molecular weight is 221 g/mol. The topological polar surface area (TPSA) is 71.8 Å². The third kappa shape index (κ3) is 2.16. The normalized spacial score (nSPS) is 16.1. The second-order valence-electron chi connectivity index (χ2n) is 4.54. The molecule has 0 unspecified atom stereocenters. The average Bonchev–Trinajstić information content (AvgIpc) is 2.13. The minimum Gasteiger partial charge on any atom is -0.330 e. The van der Waals surface area contributed by atoms with Gasteiger partial charge >= 0.3 is 0 Å². The summed E-state index contributed by atoms with van der Waals surface area (Å²) in [6, 6.07) is 0. The fourth-order valence-electron chi connectivity index (χ4n) is 2.17. The minimum atomic E-state index is 0.0304. The first-order valence-electron chi connectivity index (χ1n) is 6.02. The summed E-state index contributed by atoms with van der Waals surface area (Å²) in [4.78, 5) is 19.2. The Bertz CT molecular complexity index is 421. The molecule has 2 rings (SSSR count). The summed E-state index contributed by atoms with van der Waals surface area (Å²) in [5.41, 5.74) is 7.42. The van der Waals surface area contributed by atoms with Crippen molar-refractivity contribution >= 4 is 0 Å². The van der Waals surface area contributed by atoms with Crippen molar-refractivity contribution in [3.8, 4) is 0 Å². The number of nitrogens with zero attached hydrogens (tertiary/aromatic N) is 1. The third-order valence-corrected chi connectivity index (χ3v) is 3.29. The largest absolute Gasteiger partial charge is 0.330 e. The van der Waals surface area contributed by atoms with E-state index in [4.69, 9.17) is 5.73 Å². The molecule has 0 aromatic carbocycles. The predicted octanol–water partition coefficient (Wildman–Crippen LogP) is 1.24. The number of rotatable bonds is 4. The maximum atomic E-state index is 11.9. The second kappa shape index (κ2) is 4.78. The first kappa shape index (κ1) is 11.3. The van der Waals surface area contributed by atoms with E-state index in [1.165, 1.54) is 19.3 Å². The van der Waals surface area contributed by atoms with Gasteiger partial charge in [0.25, 0.3) is 5.56 Å². The van der Waals surface area contributed by atoms with Crippen LogP contribution >= 0.6 is 0 Å². The maximum Gasteiger partial charge on any atom is 0.254 e. The number of hydrogen-bond acceptors (Lipinski definition) is 3. The van der Waals surface area contributed by atoms with Gasteiger partial charge in [-0.1, -0.05) is 6.42 Å². The second-order valence-corrected chi connectivity index (χ2v) is 4.54. The van der Waals surface area contributed by atoms with E-state index in [-0.39, 0.29) is 5.56 Å². The summed E-state index contributed by atoms with van der Waals surface area (Å²) in [5, 5.41) is 0. The summed E-state index contributed by atoms with van der Waals surface area (Å²) >= 11 is 0. The van der Waals surface area contributed by atoms with Gasteiger partial charge in [0.15, 0.2) is 0 Å². The van der Waals surface area contributed by atoms with Crippen molar-refractivity contribution in [2.75, 3.05) is 6.54 Å². The molecule has 4 heteroatoms. The van der Waals surface area contributed by atoms with E-state index in [1.807, 2.05) is 6.92 Å². The molecule has 0 bridgehead atoms. The molecule has 1 aromatic heterocycles. The molecule has 1 fully saturated rings. The van der Waals surface area contributed by atoms with Gasteiger partial charge in [-0.05, 0) is 39.2 Å². The highest BCUT2D eigenvalue weighted by atomic mass is 16.1. The number of aryl methyl sites for hydroxylation is 1. The number of hydrogen-bond donors (Lipinski definition) is 2. The lowest BCUT2D eigenvalue weighted by Crippen LogP contribution is -2.24. The summed E-state index contributed by atoms with van der Waals surface area (Å²) < 4.78 is 0. The van der Waals surface area contributed by atoms with Crippen molar-refractivity contribution < 1.29 is 0 Å². The molecule has 0 amide bonds. The van der Waals surface area contributed by atoms with Gasteiger partial charge < -0.3 is 10.7 Å². The Morgan fingerprint density at radius 1 is 1.50 bits per heavy atom. The Morgan fingerprint density at radius 2 is 2.25 bits per heavy atom.